The van der Waals surface area contributed by atoms with E-state index < -0.39 is 0 Å². The summed E-state index contributed by atoms with van der Waals surface area (Å²) < 4.78 is 5.76. The first-order valence-electron chi connectivity index (χ1n) is 6.30. The lowest BCUT2D eigenvalue weighted by Crippen LogP contribution is -2.37. The summed E-state index contributed by atoms with van der Waals surface area (Å²) in [6, 6.07) is 0. The molecule has 1 aliphatic heterocycles. The van der Waals surface area contributed by atoms with Crippen molar-refractivity contribution in [2.45, 2.75) is 54.4 Å². The average Bonchev–Trinajstić information content (AvgIpc) is 2.24. The zero-order valence-electron chi connectivity index (χ0n) is 11.4. The second-order valence-electron chi connectivity index (χ2n) is 7.16. The third kappa shape index (κ3) is 3.48. The van der Waals surface area contributed by atoms with E-state index in [1.54, 1.807) is 0 Å². The van der Waals surface area contributed by atoms with Gasteiger partial charge in [0.15, 0.2) is 0 Å². The van der Waals surface area contributed by atoms with Crippen molar-refractivity contribution in [3.8, 4) is 0 Å². The number of ether oxygens (including phenoxy) is 1. The summed E-state index contributed by atoms with van der Waals surface area (Å²) in [5.41, 5.74) is 0.772. The summed E-state index contributed by atoms with van der Waals surface area (Å²) in [6.45, 7) is 16.1. The summed E-state index contributed by atoms with van der Waals surface area (Å²) in [7, 11) is 0. The first kappa shape index (κ1) is 13.0. The van der Waals surface area contributed by atoms with E-state index in [-0.39, 0.29) is 0 Å². The van der Waals surface area contributed by atoms with Gasteiger partial charge in [-0.15, -0.1) is 0 Å². The highest BCUT2D eigenvalue weighted by Crippen LogP contribution is 2.44. The molecule has 0 aromatic heterocycles. The molecule has 0 N–H and O–H groups in total. The van der Waals surface area contributed by atoms with E-state index in [0.717, 1.165) is 19.1 Å². The van der Waals surface area contributed by atoms with Crippen LogP contribution < -0.4 is 0 Å². The molecular weight excluding hydrogens is 184 g/mol. The first-order valence-corrected chi connectivity index (χ1v) is 6.30. The Morgan fingerprint density at radius 3 is 1.87 bits per heavy atom. The van der Waals surface area contributed by atoms with Crippen molar-refractivity contribution < 1.29 is 4.74 Å². The van der Waals surface area contributed by atoms with Crippen LogP contribution in [0.15, 0.2) is 0 Å². The van der Waals surface area contributed by atoms with Crippen molar-refractivity contribution in [2.75, 3.05) is 13.2 Å². The van der Waals surface area contributed by atoms with E-state index in [1.807, 2.05) is 0 Å². The molecule has 1 rings (SSSR count). The molecule has 0 saturated carbocycles. The van der Waals surface area contributed by atoms with Gasteiger partial charge in [0.05, 0.1) is 6.61 Å². The third-order valence-corrected chi connectivity index (χ3v) is 3.81. The zero-order chi connectivity index (χ0) is 11.7. The molecule has 1 heterocycles. The van der Waals surface area contributed by atoms with E-state index in [0.29, 0.717) is 16.7 Å². The SMILES string of the molecule is CC(C)(C)C1COCCC[C@H]1C(C)(C)C. The van der Waals surface area contributed by atoms with Gasteiger partial charge in [-0.1, -0.05) is 41.5 Å². The highest BCUT2D eigenvalue weighted by Gasteiger charge is 2.39. The topological polar surface area (TPSA) is 9.23 Å². The van der Waals surface area contributed by atoms with E-state index in [1.165, 1.54) is 12.8 Å². The molecule has 2 atom stereocenters. The van der Waals surface area contributed by atoms with Gasteiger partial charge in [-0.25, -0.2) is 0 Å². The second kappa shape index (κ2) is 4.45. The molecule has 1 nitrogen and oxygen atoms in total. The van der Waals surface area contributed by atoms with Crippen molar-refractivity contribution in [3.63, 3.8) is 0 Å². The Balaban J connectivity index is 2.86. The van der Waals surface area contributed by atoms with Crippen LogP contribution in [0.2, 0.25) is 0 Å². The highest BCUT2D eigenvalue weighted by molar-refractivity contribution is 4.88. The van der Waals surface area contributed by atoms with Gasteiger partial charge in [0.2, 0.25) is 0 Å². The third-order valence-electron chi connectivity index (χ3n) is 3.81. The van der Waals surface area contributed by atoms with Crippen LogP contribution in [-0.2, 0) is 4.74 Å². The van der Waals surface area contributed by atoms with Crippen molar-refractivity contribution in [3.05, 3.63) is 0 Å². The largest absolute Gasteiger partial charge is 0.381 e. The smallest absolute Gasteiger partial charge is 0.0502 e. The van der Waals surface area contributed by atoms with Crippen LogP contribution in [0.25, 0.3) is 0 Å². The fraction of sp³-hybridized carbons (Fsp3) is 1.00. The summed E-state index contributed by atoms with van der Waals surface area (Å²) in [4.78, 5) is 0. The molecule has 0 radical (unpaired) electrons. The summed E-state index contributed by atoms with van der Waals surface area (Å²) in [5, 5.41) is 0. The molecule has 15 heavy (non-hydrogen) atoms. The molecule has 1 heteroatoms. The van der Waals surface area contributed by atoms with Gasteiger partial charge in [0.1, 0.15) is 0 Å². The Kier molecular flexibility index (Phi) is 3.86. The summed E-state index contributed by atoms with van der Waals surface area (Å²) >= 11 is 0. The minimum Gasteiger partial charge on any atom is -0.381 e. The van der Waals surface area contributed by atoms with Crippen LogP contribution in [0, 0.1) is 22.7 Å². The van der Waals surface area contributed by atoms with Crippen molar-refractivity contribution in [1.82, 2.24) is 0 Å². The molecule has 0 aliphatic carbocycles. The molecule has 90 valence electrons. The van der Waals surface area contributed by atoms with Gasteiger partial charge >= 0.3 is 0 Å². The van der Waals surface area contributed by atoms with E-state index in [9.17, 15) is 0 Å². The summed E-state index contributed by atoms with van der Waals surface area (Å²) in [5.74, 6) is 1.49. The number of hydrogen-bond donors (Lipinski definition) is 0. The molecule has 1 saturated heterocycles. The van der Waals surface area contributed by atoms with Gasteiger partial charge in [0.25, 0.3) is 0 Å². The Morgan fingerprint density at radius 1 is 0.867 bits per heavy atom. The fourth-order valence-electron chi connectivity index (χ4n) is 2.82. The molecule has 1 aliphatic rings. The second-order valence-corrected chi connectivity index (χ2v) is 7.16. The van der Waals surface area contributed by atoms with E-state index in [2.05, 4.69) is 41.5 Å². The lowest BCUT2D eigenvalue weighted by molar-refractivity contribution is 0.0149. The van der Waals surface area contributed by atoms with Crippen molar-refractivity contribution >= 4 is 0 Å². The van der Waals surface area contributed by atoms with Crippen LogP contribution in [0.4, 0.5) is 0 Å². The molecule has 1 unspecified atom stereocenters. The van der Waals surface area contributed by atoms with Crippen LogP contribution in [0.3, 0.4) is 0 Å². The maximum atomic E-state index is 5.76. The van der Waals surface area contributed by atoms with Crippen molar-refractivity contribution in [2.24, 2.45) is 22.7 Å². The Hall–Kier alpha value is -0.0400. The molecule has 0 spiro atoms. The minimum absolute atomic E-state index is 0.363. The van der Waals surface area contributed by atoms with Crippen LogP contribution in [0.1, 0.15) is 54.4 Å². The van der Waals surface area contributed by atoms with Gasteiger partial charge < -0.3 is 4.74 Å². The van der Waals surface area contributed by atoms with E-state index >= 15 is 0 Å². The van der Waals surface area contributed by atoms with Gasteiger partial charge in [0, 0.05) is 6.61 Å². The zero-order valence-corrected chi connectivity index (χ0v) is 11.4. The van der Waals surface area contributed by atoms with Gasteiger partial charge in [-0.05, 0) is 35.5 Å². The normalized spacial score (nSPS) is 30.0. The molecule has 0 aromatic rings. The molecule has 0 aromatic carbocycles. The molecular formula is C14H28O. The highest BCUT2D eigenvalue weighted by atomic mass is 16.5. The number of rotatable bonds is 0. The standard InChI is InChI=1S/C14H28O/c1-13(2,3)11-8-7-9-15-10-12(11)14(4,5)6/h11-12H,7-10H2,1-6H3/t11-,12?/m1/s1. The van der Waals surface area contributed by atoms with Crippen LogP contribution >= 0.6 is 0 Å². The van der Waals surface area contributed by atoms with Crippen molar-refractivity contribution in [1.29, 1.82) is 0 Å². The Bertz CT molecular complexity index is 172. The van der Waals surface area contributed by atoms with Gasteiger partial charge in [-0.3, -0.25) is 0 Å². The quantitative estimate of drug-likeness (QED) is 0.587. The lowest BCUT2D eigenvalue weighted by atomic mass is 9.63. The predicted molar refractivity (Wildman–Crippen MR) is 65.9 cm³/mol. The first-order chi connectivity index (χ1) is 6.73. The van der Waals surface area contributed by atoms with Crippen LogP contribution in [0.5, 0.6) is 0 Å². The predicted octanol–water partition coefficient (Wildman–Crippen LogP) is 4.12. The van der Waals surface area contributed by atoms with Gasteiger partial charge in [-0.2, -0.15) is 0 Å². The molecule has 0 bridgehead atoms. The molecule has 0 amide bonds. The maximum absolute atomic E-state index is 5.76. The minimum atomic E-state index is 0.363. The Labute approximate surface area is 95.6 Å². The van der Waals surface area contributed by atoms with Crippen LogP contribution in [-0.4, -0.2) is 13.2 Å². The average molecular weight is 212 g/mol. The summed E-state index contributed by atoms with van der Waals surface area (Å²) in [6.07, 6.45) is 2.56. The maximum Gasteiger partial charge on any atom is 0.0502 e. The monoisotopic (exact) mass is 212 g/mol. The fourth-order valence-corrected chi connectivity index (χ4v) is 2.82. The van der Waals surface area contributed by atoms with E-state index in [4.69, 9.17) is 4.74 Å². The Morgan fingerprint density at radius 2 is 1.40 bits per heavy atom. The molecule has 1 fully saturated rings. The number of hydrogen-bond acceptors (Lipinski definition) is 1. The lowest BCUT2D eigenvalue weighted by Gasteiger charge is -2.42.